The maximum atomic E-state index is 11.4. The van der Waals surface area contributed by atoms with Crippen LogP contribution in [0.2, 0.25) is 0 Å². The highest BCUT2D eigenvalue weighted by Gasteiger charge is 2.26. The third-order valence-electron chi connectivity index (χ3n) is 7.25. The van der Waals surface area contributed by atoms with Gasteiger partial charge in [0.15, 0.2) is 0 Å². The van der Waals surface area contributed by atoms with E-state index in [-0.39, 0.29) is 12.0 Å². The molecule has 1 aromatic heterocycles. The number of hydrogen-bond acceptors (Lipinski definition) is 8. The average Bonchev–Trinajstić information content (AvgIpc) is 2.87. The molecular formula is C27H39N5O3S. The number of aryl methyl sites for hydroxylation is 2. The van der Waals surface area contributed by atoms with Crippen LogP contribution in [-0.4, -0.2) is 51.1 Å². The Morgan fingerprint density at radius 2 is 1.94 bits per heavy atom. The number of aromatic nitrogens is 2. The summed E-state index contributed by atoms with van der Waals surface area (Å²) in [5.74, 6) is 0.536. The molecular weight excluding hydrogens is 474 g/mol. The number of nitrogens with two attached hydrogens (primary N) is 1. The summed E-state index contributed by atoms with van der Waals surface area (Å²) in [6.07, 6.45) is 9.03. The summed E-state index contributed by atoms with van der Waals surface area (Å²) < 4.78 is 11.4. The SMILES string of the molecule is Cc1cccc(C)c1-c1cc(OCC(N)CC2CCCCC2)nc(NSN2CCCC(C(=O)O)C2)n1. The fourth-order valence-corrected chi connectivity index (χ4v) is 6.11. The van der Waals surface area contributed by atoms with Crippen LogP contribution in [0.3, 0.4) is 0 Å². The topological polar surface area (TPSA) is 114 Å². The summed E-state index contributed by atoms with van der Waals surface area (Å²) in [5, 5.41) is 9.39. The quantitative estimate of drug-likeness (QED) is 0.368. The zero-order valence-corrected chi connectivity index (χ0v) is 22.2. The second-order valence-corrected chi connectivity index (χ2v) is 11.2. The van der Waals surface area contributed by atoms with Crippen molar-refractivity contribution in [2.75, 3.05) is 24.4 Å². The lowest BCUT2D eigenvalue weighted by Crippen LogP contribution is -2.35. The molecule has 2 unspecified atom stereocenters. The molecule has 1 saturated heterocycles. The minimum Gasteiger partial charge on any atom is -0.481 e. The zero-order chi connectivity index (χ0) is 25.5. The molecule has 1 saturated carbocycles. The summed E-state index contributed by atoms with van der Waals surface area (Å²) in [4.78, 5) is 20.8. The second kappa shape index (κ2) is 12.7. The molecule has 2 aromatic rings. The number of rotatable bonds is 10. The molecule has 2 fully saturated rings. The van der Waals surface area contributed by atoms with E-state index in [0.29, 0.717) is 37.3 Å². The van der Waals surface area contributed by atoms with E-state index in [1.165, 1.54) is 44.2 Å². The second-order valence-electron chi connectivity index (χ2n) is 10.3. The van der Waals surface area contributed by atoms with Gasteiger partial charge in [-0.3, -0.25) is 9.52 Å². The Hall–Kier alpha value is -2.36. The van der Waals surface area contributed by atoms with Gasteiger partial charge in [0.25, 0.3) is 0 Å². The van der Waals surface area contributed by atoms with E-state index < -0.39 is 5.97 Å². The molecule has 0 radical (unpaired) electrons. The molecule has 2 aliphatic rings. The Morgan fingerprint density at radius 3 is 2.67 bits per heavy atom. The van der Waals surface area contributed by atoms with E-state index in [4.69, 9.17) is 15.5 Å². The monoisotopic (exact) mass is 513 g/mol. The van der Waals surface area contributed by atoms with Crippen molar-refractivity contribution in [2.24, 2.45) is 17.6 Å². The van der Waals surface area contributed by atoms with Crippen molar-refractivity contribution >= 4 is 24.1 Å². The number of ether oxygens (including phenoxy) is 1. The molecule has 1 aliphatic carbocycles. The van der Waals surface area contributed by atoms with Gasteiger partial charge in [0, 0.05) is 42.9 Å². The third-order valence-corrected chi connectivity index (χ3v) is 8.11. The minimum absolute atomic E-state index is 0.0289. The molecule has 2 atom stereocenters. The number of piperidine rings is 1. The largest absolute Gasteiger partial charge is 0.481 e. The highest BCUT2D eigenvalue weighted by molar-refractivity contribution is 7.98. The van der Waals surface area contributed by atoms with Crippen LogP contribution in [0.15, 0.2) is 24.3 Å². The van der Waals surface area contributed by atoms with E-state index in [0.717, 1.165) is 41.8 Å². The molecule has 1 aliphatic heterocycles. The number of aliphatic carboxylic acids is 1. The highest BCUT2D eigenvalue weighted by atomic mass is 32.2. The van der Waals surface area contributed by atoms with Crippen LogP contribution >= 0.6 is 12.1 Å². The Balaban J connectivity index is 1.48. The van der Waals surface area contributed by atoms with Gasteiger partial charge in [0.05, 0.1) is 11.6 Å². The molecule has 36 heavy (non-hydrogen) atoms. The first-order valence-corrected chi connectivity index (χ1v) is 13.9. The number of carboxylic acids is 1. The van der Waals surface area contributed by atoms with E-state index in [1.807, 2.05) is 16.4 Å². The Kier molecular flexibility index (Phi) is 9.45. The van der Waals surface area contributed by atoms with Gasteiger partial charge in [-0.25, -0.2) is 9.29 Å². The first kappa shape index (κ1) is 26.7. The van der Waals surface area contributed by atoms with Gasteiger partial charge in [0.2, 0.25) is 11.8 Å². The van der Waals surface area contributed by atoms with Gasteiger partial charge in [-0.05, 0) is 50.2 Å². The van der Waals surface area contributed by atoms with Crippen LogP contribution in [0.1, 0.15) is 62.5 Å². The lowest BCUT2D eigenvalue weighted by molar-refractivity contribution is -0.142. The van der Waals surface area contributed by atoms with Gasteiger partial charge in [-0.2, -0.15) is 4.98 Å². The fraction of sp³-hybridized carbons (Fsp3) is 0.593. The summed E-state index contributed by atoms with van der Waals surface area (Å²) in [6, 6.07) is 8.05. The number of anilines is 1. The number of nitrogens with one attached hydrogen (secondary N) is 1. The summed E-state index contributed by atoms with van der Waals surface area (Å²) in [7, 11) is 0. The lowest BCUT2D eigenvalue weighted by Gasteiger charge is -2.29. The molecule has 8 nitrogen and oxygen atoms in total. The first-order valence-electron chi connectivity index (χ1n) is 13.1. The van der Waals surface area contributed by atoms with Gasteiger partial charge in [-0.1, -0.05) is 50.3 Å². The lowest BCUT2D eigenvalue weighted by atomic mass is 9.85. The molecule has 4 rings (SSSR count). The summed E-state index contributed by atoms with van der Waals surface area (Å²) >= 11 is 1.36. The van der Waals surface area contributed by atoms with Crippen molar-refractivity contribution in [1.82, 2.24) is 14.3 Å². The Morgan fingerprint density at radius 1 is 1.19 bits per heavy atom. The fourth-order valence-electron chi connectivity index (χ4n) is 5.33. The van der Waals surface area contributed by atoms with Gasteiger partial charge in [-0.15, -0.1) is 0 Å². The molecule has 196 valence electrons. The van der Waals surface area contributed by atoms with Crippen molar-refractivity contribution < 1.29 is 14.6 Å². The highest BCUT2D eigenvalue weighted by Crippen LogP contribution is 2.31. The van der Waals surface area contributed by atoms with Crippen molar-refractivity contribution in [3.8, 4) is 17.1 Å². The van der Waals surface area contributed by atoms with E-state index >= 15 is 0 Å². The number of carboxylic acid groups (broad SMARTS) is 1. The average molecular weight is 514 g/mol. The van der Waals surface area contributed by atoms with Crippen LogP contribution in [0.5, 0.6) is 5.88 Å². The van der Waals surface area contributed by atoms with E-state index in [2.05, 4.69) is 35.7 Å². The molecule has 4 N–H and O–H groups in total. The molecule has 2 heterocycles. The van der Waals surface area contributed by atoms with E-state index in [9.17, 15) is 9.90 Å². The number of nitrogens with zero attached hydrogens (tertiary/aromatic N) is 3. The van der Waals surface area contributed by atoms with Crippen LogP contribution in [0.25, 0.3) is 11.3 Å². The number of benzene rings is 1. The maximum absolute atomic E-state index is 11.4. The molecule has 0 bridgehead atoms. The third kappa shape index (κ3) is 7.33. The standard InChI is InChI=1S/C27H39N5O3S/c1-18-8-6-9-19(2)25(18)23-15-24(35-17-22(28)14-20-10-4-3-5-11-20)30-27(29-23)31-36-32-13-7-12-21(16-32)26(33)34/h6,8-9,15,20-22H,3-5,7,10-14,16-17,28H2,1-2H3,(H,33,34)(H,29,30,31). The van der Waals surface area contributed by atoms with Gasteiger partial charge in [0.1, 0.15) is 6.61 Å². The van der Waals surface area contributed by atoms with Gasteiger partial charge < -0.3 is 15.6 Å². The maximum Gasteiger partial charge on any atom is 0.307 e. The smallest absolute Gasteiger partial charge is 0.307 e. The van der Waals surface area contributed by atoms with Crippen molar-refractivity contribution in [3.05, 3.63) is 35.4 Å². The molecule has 1 aromatic carbocycles. The minimum atomic E-state index is -0.742. The Labute approximate surface area is 218 Å². The van der Waals surface area contributed by atoms with Crippen LogP contribution in [0.4, 0.5) is 5.95 Å². The van der Waals surface area contributed by atoms with Crippen LogP contribution in [0, 0.1) is 25.7 Å². The summed E-state index contributed by atoms with van der Waals surface area (Å²) in [6.45, 7) is 5.87. The van der Waals surface area contributed by atoms with Crippen LogP contribution in [-0.2, 0) is 4.79 Å². The normalized spacial score (nSPS) is 20.1. The van der Waals surface area contributed by atoms with Crippen molar-refractivity contribution in [3.63, 3.8) is 0 Å². The summed E-state index contributed by atoms with van der Waals surface area (Å²) in [5.41, 5.74) is 10.6. The van der Waals surface area contributed by atoms with Gasteiger partial charge >= 0.3 is 5.97 Å². The Bertz CT molecular complexity index is 1010. The number of carbonyl (C=O) groups is 1. The predicted octanol–water partition coefficient (Wildman–Crippen LogP) is 5.21. The molecule has 0 amide bonds. The zero-order valence-electron chi connectivity index (χ0n) is 21.4. The van der Waals surface area contributed by atoms with E-state index in [1.54, 1.807) is 0 Å². The number of hydrogen-bond donors (Lipinski definition) is 3. The first-order chi connectivity index (χ1) is 17.4. The molecule has 9 heteroatoms. The van der Waals surface area contributed by atoms with Crippen molar-refractivity contribution in [2.45, 2.75) is 71.3 Å². The molecule has 0 spiro atoms. The predicted molar refractivity (Wildman–Crippen MR) is 145 cm³/mol. The van der Waals surface area contributed by atoms with Crippen molar-refractivity contribution in [1.29, 1.82) is 0 Å². The van der Waals surface area contributed by atoms with Crippen LogP contribution < -0.4 is 15.2 Å².